The lowest BCUT2D eigenvalue weighted by atomic mass is 10.1. The van der Waals surface area contributed by atoms with Gasteiger partial charge in [-0.1, -0.05) is 0 Å². The third kappa shape index (κ3) is 4.22. The number of aliphatic carboxylic acids is 1. The zero-order valence-electron chi connectivity index (χ0n) is 11.1. The molecule has 1 fully saturated rings. The fraction of sp³-hybridized carbons (Fsp3) is 0.500. The van der Waals surface area contributed by atoms with Gasteiger partial charge >= 0.3 is 5.97 Å². The molecule has 1 aromatic heterocycles. The number of piperidine rings is 1. The lowest BCUT2D eigenvalue weighted by Gasteiger charge is -2.30. The largest absolute Gasteiger partial charge is 0.480 e. The van der Waals surface area contributed by atoms with Gasteiger partial charge in [0.15, 0.2) is 0 Å². The molecule has 21 heavy (non-hydrogen) atoms. The topological polar surface area (TPSA) is 96.8 Å². The van der Waals surface area contributed by atoms with Gasteiger partial charge in [0.2, 0.25) is 10.0 Å². The molecule has 2 heterocycles. The van der Waals surface area contributed by atoms with Crippen molar-refractivity contribution in [3.05, 3.63) is 22.9 Å². The summed E-state index contributed by atoms with van der Waals surface area (Å²) in [6.07, 6.45) is 3.58. The number of pyridine rings is 1. The van der Waals surface area contributed by atoms with Crippen molar-refractivity contribution < 1.29 is 23.1 Å². The molecule has 0 bridgehead atoms. The molecular weight excluding hydrogens is 364 g/mol. The summed E-state index contributed by atoms with van der Waals surface area (Å²) in [5, 5.41) is 8.56. The maximum atomic E-state index is 12.4. The first-order valence-corrected chi connectivity index (χ1v) is 8.57. The highest BCUT2D eigenvalue weighted by atomic mass is 79.9. The van der Waals surface area contributed by atoms with Crippen molar-refractivity contribution in [1.29, 1.82) is 0 Å². The highest BCUT2D eigenvalue weighted by molar-refractivity contribution is 9.10. The van der Waals surface area contributed by atoms with Crippen molar-refractivity contribution in [2.45, 2.75) is 23.8 Å². The number of carboxylic acids is 1. The van der Waals surface area contributed by atoms with Crippen LogP contribution in [0.2, 0.25) is 0 Å². The van der Waals surface area contributed by atoms with E-state index in [2.05, 4.69) is 20.9 Å². The number of ether oxygens (including phenoxy) is 1. The Morgan fingerprint density at radius 2 is 2.10 bits per heavy atom. The first-order chi connectivity index (χ1) is 9.89. The molecule has 0 saturated carbocycles. The van der Waals surface area contributed by atoms with Crippen molar-refractivity contribution >= 4 is 31.9 Å². The highest BCUT2D eigenvalue weighted by Crippen LogP contribution is 2.23. The summed E-state index contributed by atoms with van der Waals surface area (Å²) in [7, 11) is -3.57. The van der Waals surface area contributed by atoms with Crippen LogP contribution in [0.5, 0.6) is 0 Å². The third-order valence-electron chi connectivity index (χ3n) is 3.16. The van der Waals surface area contributed by atoms with Gasteiger partial charge in [-0.25, -0.2) is 13.2 Å². The van der Waals surface area contributed by atoms with E-state index in [0.29, 0.717) is 30.4 Å². The van der Waals surface area contributed by atoms with Gasteiger partial charge in [0.05, 0.1) is 6.10 Å². The molecule has 1 aromatic rings. The number of carbonyl (C=O) groups is 1. The van der Waals surface area contributed by atoms with Gasteiger partial charge in [-0.05, 0) is 34.8 Å². The van der Waals surface area contributed by atoms with E-state index in [-0.39, 0.29) is 17.6 Å². The van der Waals surface area contributed by atoms with Gasteiger partial charge in [0.1, 0.15) is 11.5 Å². The first kappa shape index (κ1) is 16.3. The van der Waals surface area contributed by atoms with Crippen LogP contribution in [0.4, 0.5) is 0 Å². The number of hydrogen-bond donors (Lipinski definition) is 1. The molecule has 0 atom stereocenters. The summed E-state index contributed by atoms with van der Waals surface area (Å²) in [6.45, 7) is 0.255. The Balaban J connectivity index is 1.99. The SMILES string of the molecule is O=C(O)COC1CCN(S(=O)(=O)c2cncc(Br)c2)CC1. The van der Waals surface area contributed by atoms with E-state index in [1.807, 2.05) is 0 Å². The molecule has 0 spiro atoms. The molecule has 0 aromatic carbocycles. The molecule has 0 aliphatic carbocycles. The number of rotatable bonds is 5. The van der Waals surface area contributed by atoms with Crippen LogP contribution >= 0.6 is 15.9 Å². The zero-order chi connectivity index (χ0) is 15.5. The van der Waals surface area contributed by atoms with Crippen LogP contribution in [0.3, 0.4) is 0 Å². The van der Waals surface area contributed by atoms with Crippen LogP contribution in [0.25, 0.3) is 0 Å². The molecule has 116 valence electrons. The smallest absolute Gasteiger partial charge is 0.329 e. The van der Waals surface area contributed by atoms with Crippen LogP contribution in [-0.2, 0) is 19.6 Å². The van der Waals surface area contributed by atoms with Crippen molar-refractivity contribution in [3.63, 3.8) is 0 Å². The second-order valence-corrected chi connectivity index (χ2v) is 7.50. The number of nitrogens with zero attached hydrogens (tertiary/aromatic N) is 2. The standard InChI is InChI=1S/C12H15BrN2O5S/c13-9-5-11(7-14-6-9)21(18,19)15-3-1-10(2-4-15)20-8-12(16)17/h5-7,10H,1-4,8H2,(H,16,17). The molecule has 0 radical (unpaired) electrons. The van der Waals surface area contributed by atoms with Crippen LogP contribution in [0, 0.1) is 0 Å². The van der Waals surface area contributed by atoms with Crippen molar-refractivity contribution in [2.75, 3.05) is 19.7 Å². The van der Waals surface area contributed by atoms with E-state index >= 15 is 0 Å². The van der Waals surface area contributed by atoms with Crippen molar-refractivity contribution in [2.24, 2.45) is 0 Å². The Bertz CT molecular complexity index is 614. The van der Waals surface area contributed by atoms with E-state index in [4.69, 9.17) is 9.84 Å². The minimum atomic E-state index is -3.57. The summed E-state index contributed by atoms with van der Waals surface area (Å²) in [5.41, 5.74) is 0. The number of sulfonamides is 1. The Morgan fingerprint density at radius 3 is 2.67 bits per heavy atom. The van der Waals surface area contributed by atoms with E-state index in [1.54, 1.807) is 0 Å². The van der Waals surface area contributed by atoms with Crippen LogP contribution in [0.1, 0.15) is 12.8 Å². The average Bonchev–Trinajstić information content (AvgIpc) is 2.45. The predicted octanol–water partition coefficient (Wildman–Crippen LogP) is 1.10. The molecule has 0 unspecified atom stereocenters. The molecular formula is C12H15BrN2O5S. The second kappa shape index (κ2) is 6.82. The summed E-state index contributed by atoms with van der Waals surface area (Å²) < 4.78 is 32.0. The molecule has 1 aliphatic rings. The maximum absolute atomic E-state index is 12.4. The van der Waals surface area contributed by atoms with Gasteiger partial charge in [-0.3, -0.25) is 4.98 Å². The molecule has 2 rings (SSSR count). The maximum Gasteiger partial charge on any atom is 0.329 e. The second-order valence-electron chi connectivity index (χ2n) is 4.65. The summed E-state index contributed by atoms with van der Waals surface area (Å²) in [5.74, 6) is -1.02. The summed E-state index contributed by atoms with van der Waals surface area (Å²) >= 11 is 3.20. The summed E-state index contributed by atoms with van der Waals surface area (Å²) in [4.78, 5) is 14.4. The number of carboxylic acid groups (broad SMARTS) is 1. The lowest BCUT2D eigenvalue weighted by Crippen LogP contribution is -2.41. The minimum absolute atomic E-state index is 0.141. The van der Waals surface area contributed by atoms with Crippen LogP contribution in [-0.4, -0.2) is 54.6 Å². The fourth-order valence-electron chi connectivity index (χ4n) is 2.11. The molecule has 1 aliphatic heterocycles. The minimum Gasteiger partial charge on any atom is -0.480 e. The monoisotopic (exact) mass is 378 g/mol. The molecule has 7 nitrogen and oxygen atoms in total. The van der Waals surface area contributed by atoms with Gasteiger partial charge in [0.25, 0.3) is 0 Å². The predicted molar refractivity (Wildman–Crippen MR) is 77.3 cm³/mol. The highest BCUT2D eigenvalue weighted by Gasteiger charge is 2.30. The normalized spacial score (nSPS) is 17.8. The van der Waals surface area contributed by atoms with Crippen LogP contribution in [0.15, 0.2) is 27.8 Å². The quantitative estimate of drug-likeness (QED) is 0.823. The Hall–Kier alpha value is -1.03. The van der Waals surface area contributed by atoms with E-state index in [9.17, 15) is 13.2 Å². The van der Waals surface area contributed by atoms with E-state index < -0.39 is 16.0 Å². The van der Waals surface area contributed by atoms with Gasteiger partial charge in [-0.2, -0.15) is 4.31 Å². The molecule has 1 saturated heterocycles. The van der Waals surface area contributed by atoms with E-state index in [0.717, 1.165) is 0 Å². The fourth-order valence-corrected chi connectivity index (χ4v) is 4.09. The Morgan fingerprint density at radius 1 is 1.43 bits per heavy atom. The number of hydrogen-bond acceptors (Lipinski definition) is 5. The zero-order valence-corrected chi connectivity index (χ0v) is 13.5. The molecule has 9 heteroatoms. The average molecular weight is 379 g/mol. The molecule has 0 amide bonds. The van der Waals surface area contributed by atoms with Crippen LogP contribution < -0.4 is 0 Å². The van der Waals surface area contributed by atoms with Gasteiger partial charge in [-0.15, -0.1) is 0 Å². The third-order valence-corrected chi connectivity index (χ3v) is 5.46. The van der Waals surface area contributed by atoms with Crippen molar-refractivity contribution in [1.82, 2.24) is 9.29 Å². The summed E-state index contributed by atoms with van der Waals surface area (Å²) in [6, 6.07) is 1.51. The van der Waals surface area contributed by atoms with E-state index in [1.165, 1.54) is 22.8 Å². The molecule has 1 N–H and O–H groups in total. The van der Waals surface area contributed by atoms with Gasteiger partial charge < -0.3 is 9.84 Å². The van der Waals surface area contributed by atoms with Crippen molar-refractivity contribution in [3.8, 4) is 0 Å². The lowest BCUT2D eigenvalue weighted by molar-refractivity contribution is -0.145. The first-order valence-electron chi connectivity index (χ1n) is 6.33. The Kier molecular flexibility index (Phi) is 5.31. The number of aromatic nitrogens is 1. The van der Waals surface area contributed by atoms with Gasteiger partial charge in [0, 0.05) is 30.0 Å². The number of halogens is 1. The Labute approximate surface area is 131 Å².